The SMILES string of the molecule is C=C(C)C1CC(C(=O)OCC)(C(=O)OCC)CC1(C)C. The maximum Gasteiger partial charge on any atom is 0.323 e. The minimum Gasteiger partial charge on any atom is -0.465 e. The molecule has 1 aliphatic carbocycles. The van der Waals surface area contributed by atoms with Crippen molar-refractivity contribution in [1.82, 2.24) is 0 Å². The highest BCUT2D eigenvalue weighted by atomic mass is 16.6. The van der Waals surface area contributed by atoms with E-state index in [9.17, 15) is 9.59 Å². The van der Waals surface area contributed by atoms with Gasteiger partial charge in [0.05, 0.1) is 13.2 Å². The molecule has 0 bridgehead atoms. The Kier molecular flexibility index (Phi) is 5.00. The molecule has 4 nitrogen and oxygen atoms in total. The molecule has 1 saturated carbocycles. The average molecular weight is 282 g/mol. The molecular weight excluding hydrogens is 256 g/mol. The topological polar surface area (TPSA) is 52.6 Å². The predicted octanol–water partition coefficient (Wildman–Crippen LogP) is 3.11. The number of carbonyl (C=O) groups excluding carboxylic acids is 2. The molecule has 0 saturated heterocycles. The van der Waals surface area contributed by atoms with Gasteiger partial charge in [-0.25, -0.2) is 0 Å². The van der Waals surface area contributed by atoms with Gasteiger partial charge >= 0.3 is 11.9 Å². The fourth-order valence-electron chi connectivity index (χ4n) is 3.37. The third-order valence-electron chi connectivity index (χ3n) is 4.18. The fourth-order valence-corrected chi connectivity index (χ4v) is 3.37. The lowest BCUT2D eigenvalue weighted by Crippen LogP contribution is -2.40. The molecule has 4 heteroatoms. The Morgan fingerprint density at radius 1 is 1.15 bits per heavy atom. The summed E-state index contributed by atoms with van der Waals surface area (Å²) in [5.41, 5.74) is -0.365. The molecule has 0 N–H and O–H groups in total. The molecule has 1 atom stereocenters. The molecule has 0 aliphatic heterocycles. The van der Waals surface area contributed by atoms with Crippen LogP contribution in [0.5, 0.6) is 0 Å². The van der Waals surface area contributed by atoms with E-state index in [1.807, 2.05) is 6.92 Å². The van der Waals surface area contributed by atoms with Crippen molar-refractivity contribution in [2.24, 2.45) is 16.7 Å². The van der Waals surface area contributed by atoms with Crippen molar-refractivity contribution in [2.45, 2.75) is 47.5 Å². The van der Waals surface area contributed by atoms with E-state index in [1.165, 1.54) is 0 Å². The van der Waals surface area contributed by atoms with Crippen LogP contribution in [0.3, 0.4) is 0 Å². The Hall–Kier alpha value is -1.32. The molecule has 1 unspecified atom stereocenters. The van der Waals surface area contributed by atoms with E-state index < -0.39 is 17.4 Å². The van der Waals surface area contributed by atoms with Crippen molar-refractivity contribution in [2.75, 3.05) is 13.2 Å². The van der Waals surface area contributed by atoms with E-state index in [4.69, 9.17) is 9.47 Å². The normalized spacial score (nSPS) is 23.1. The zero-order chi connectivity index (χ0) is 15.6. The van der Waals surface area contributed by atoms with Crippen LogP contribution in [0.15, 0.2) is 12.2 Å². The first kappa shape index (κ1) is 16.7. The van der Waals surface area contributed by atoms with Gasteiger partial charge in [0.2, 0.25) is 0 Å². The molecule has 0 amide bonds. The van der Waals surface area contributed by atoms with Gasteiger partial charge in [-0.15, -0.1) is 0 Å². The third kappa shape index (κ3) is 2.89. The first-order chi connectivity index (χ1) is 9.21. The van der Waals surface area contributed by atoms with E-state index in [1.54, 1.807) is 13.8 Å². The number of rotatable bonds is 5. The van der Waals surface area contributed by atoms with Crippen LogP contribution in [0.25, 0.3) is 0 Å². The van der Waals surface area contributed by atoms with Crippen molar-refractivity contribution >= 4 is 11.9 Å². The summed E-state index contributed by atoms with van der Waals surface area (Å²) in [6.45, 7) is 14.1. The highest BCUT2D eigenvalue weighted by molar-refractivity contribution is 6.00. The van der Waals surface area contributed by atoms with Gasteiger partial charge in [0.25, 0.3) is 0 Å². The second-order valence-corrected chi connectivity index (χ2v) is 6.29. The minimum absolute atomic E-state index is 0.108. The molecule has 20 heavy (non-hydrogen) atoms. The lowest BCUT2D eigenvalue weighted by molar-refractivity contribution is -0.172. The van der Waals surface area contributed by atoms with Crippen molar-refractivity contribution in [3.05, 3.63) is 12.2 Å². The Morgan fingerprint density at radius 3 is 1.90 bits per heavy atom. The largest absolute Gasteiger partial charge is 0.465 e. The Labute approximate surface area is 121 Å². The van der Waals surface area contributed by atoms with Crippen LogP contribution < -0.4 is 0 Å². The Balaban J connectivity index is 3.18. The number of allylic oxidation sites excluding steroid dienone is 1. The van der Waals surface area contributed by atoms with Gasteiger partial charge in [0.1, 0.15) is 0 Å². The fraction of sp³-hybridized carbons (Fsp3) is 0.750. The zero-order valence-electron chi connectivity index (χ0n) is 13.2. The molecule has 114 valence electrons. The minimum atomic E-state index is -1.18. The van der Waals surface area contributed by atoms with Crippen molar-refractivity contribution in [3.8, 4) is 0 Å². The van der Waals surface area contributed by atoms with E-state index in [0.29, 0.717) is 12.8 Å². The lowest BCUT2D eigenvalue weighted by atomic mass is 9.78. The Morgan fingerprint density at radius 2 is 1.60 bits per heavy atom. The van der Waals surface area contributed by atoms with Crippen LogP contribution in [0.1, 0.15) is 47.5 Å². The zero-order valence-corrected chi connectivity index (χ0v) is 13.2. The highest BCUT2D eigenvalue weighted by Crippen LogP contribution is 2.56. The molecule has 0 heterocycles. The predicted molar refractivity (Wildman–Crippen MR) is 77.0 cm³/mol. The highest BCUT2D eigenvalue weighted by Gasteiger charge is 2.60. The third-order valence-corrected chi connectivity index (χ3v) is 4.18. The molecule has 1 rings (SSSR count). The molecule has 0 aromatic carbocycles. The van der Waals surface area contributed by atoms with Crippen LogP contribution >= 0.6 is 0 Å². The molecular formula is C16H26O4. The summed E-state index contributed by atoms with van der Waals surface area (Å²) in [5, 5.41) is 0. The van der Waals surface area contributed by atoms with Gasteiger partial charge in [0.15, 0.2) is 5.41 Å². The average Bonchev–Trinajstić information content (AvgIpc) is 2.63. The summed E-state index contributed by atoms with van der Waals surface area (Å²) < 4.78 is 10.3. The van der Waals surface area contributed by atoms with Crippen LogP contribution in [-0.4, -0.2) is 25.2 Å². The van der Waals surface area contributed by atoms with Crippen LogP contribution in [-0.2, 0) is 19.1 Å². The number of carbonyl (C=O) groups is 2. The monoisotopic (exact) mass is 282 g/mol. The first-order valence-corrected chi connectivity index (χ1v) is 7.21. The van der Waals surface area contributed by atoms with Gasteiger partial charge in [-0.3, -0.25) is 9.59 Å². The number of hydrogen-bond donors (Lipinski definition) is 0. The van der Waals surface area contributed by atoms with E-state index >= 15 is 0 Å². The van der Waals surface area contributed by atoms with E-state index in [0.717, 1.165) is 5.57 Å². The summed E-state index contributed by atoms with van der Waals surface area (Å²) in [7, 11) is 0. The molecule has 0 aromatic heterocycles. The maximum absolute atomic E-state index is 12.4. The first-order valence-electron chi connectivity index (χ1n) is 7.21. The van der Waals surface area contributed by atoms with Crippen LogP contribution in [0, 0.1) is 16.7 Å². The van der Waals surface area contributed by atoms with Crippen LogP contribution in [0.4, 0.5) is 0 Å². The number of ether oxygens (including phenoxy) is 2. The molecule has 1 aliphatic rings. The van der Waals surface area contributed by atoms with Crippen LogP contribution in [0.2, 0.25) is 0 Å². The summed E-state index contributed by atoms with van der Waals surface area (Å²) in [6.07, 6.45) is 0.863. The van der Waals surface area contributed by atoms with Gasteiger partial charge in [-0.2, -0.15) is 0 Å². The summed E-state index contributed by atoms with van der Waals surface area (Å²) in [4.78, 5) is 24.8. The standard InChI is InChI=1S/C16H26O4/c1-7-19-13(17)16(14(18)20-8-2)9-12(11(3)4)15(5,6)10-16/h12H,3,7-10H2,1-2,4-6H3. The molecule has 1 fully saturated rings. The smallest absolute Gasteiger partial charge is 0.323 e. The summed E-state index contributed by atoms with van der Waals surface area (Å²) in [5.74, 6) is -0.818. The lowest BCUT2D eigenvalue weighted by Gasteiger charge is -2.27. The molecule has 0 radical (unpaired) electrons. The molecule has 0 spiro atoms. The van der Waals surface area contributed by atoms with Gasteiger partial charge in [0, 0.05) is 0 Å². The second kappa shape index (κ2) is 5.98. The van der Waals surface area contributed by atoms with Gasteiger partial charge in [-0.1, -0.05) is 26.0 Å². The van der Waals surface area contributed by atoms with Crippen molar-refractivity contribution in [3.63, 3.8) is 0 Å². The number of esters is 2. The van der Waals surface area contributed by atoms with E-state index in [-0.39, 0.29) is 24.5 Å². The maximum atomic E-state index is 12.4. The van der Waals surface area contributed by atoms with E-state index in [2.05, 4.69) is 20.4 Å². The summed E-state index contributed by atoms with van der Waals surface area (Å²) >= 11 is 0. The Bertz CT molecular complexity index is 391. The van der Waals surface area contributed by atoms with Crippen molar-refractivity contribution in [1.29, 1.82) is 0 Å². The van der Waals surface area contributed by atoms with Crippen molar-refractivity contribution < 1.29 is 19.1 Å². The number of hydrogen-bond acceptors (Lipinski definition) is 4. The second-order valence-electron chi connectivity index (χ2n) is 6.29. The summed E-state index contributed by atoms with van der Waals surface area (Å²) in [6, 6.07) is 0. The molecule has 0 aromatic rings. The quantitative estimate of drug-likeness (QED) is 0.442. The van der Waals surface area contributed by atoms with Gasteiger partial charge in [-0.05, 0) is 44.9 Å². The van der Waals surface area contributed by atoms with Gasteiger partial charge < -0.3 is 9.47 Å².